The summed E-state index contributed by atoms with van der Waals surface area (Å²) in [4.78, 5) is 27.5. The first-order chi connectivity index (χ1) is 9.60. The van der Waals surface area contributed by atoms with Gasteiger partial charge >= 0.3 is 0 Å². The van der Waals surface area contributed by atoms with Crippen LogP contribution in [0.15, 0.2) is 41.5 Å². The molecule has 1 N–H and O–H groups in total. The van der Waals surface area contributed by atoms with Crippen molar-refractivity contribution in [2.24, 2.45) is 0 Å². The van der Waals surface area contributed by atoms with E-state index in [4.69, 9.17) is 5.26 Å². The zero-order valence-electron chi connectivity index (χ0n) is 10.8. The molecule has 1 aromatic heterocycles. The van der Waals surface area contributed by atoms with Crippen molar-refractivity contribution in [2.45, 2.75) is 13.5 Å². The third-order valence-corrected chi connectivity index (χ3v) is 2.65. The first-order valence-electron chi connectivity index (χ1n) is 5.92. The fourth-order valence-electron chi connectivity index (χ4n) is 1.67. The fourth-order valence-corrected chi connectivity index (χ4v) is 1.67. The highest BCUT2D eigenvalue weighted by Crippen LogP contribution is 2.13. The number of nitriles is 1. The number of benzene rings is 1. The van der Waals surface area contributed by atoms with Crippen LogP contribution in [-0.4, -0.2) is 15.5 Å². The number of carbonyl (C=O) groups excluding carboxylic acids is 1. The molecule has 100 valence electrons. The Balaban J connectivity index is 2.14. The van der Waals surface area contributed by atoms with Gasteiger partial charge in [0.15, 0.2) is 0 Å². The number of carbonyl (C=O) groups is 1. The van der Waals surface area contributed by atoms with E-state index in [-0.39, 0.29) is 18.0 Å². The molecule has 1 heterocycles. The van der Waals surface area contributed by atoms with Gasteiger partial charge in [-0.3, -0.25) is 14.2 Å². The number of nitrogens with one attached hydrogen (secondary N) is 1. The second-order valence-corrected chi connectivity index (χ2v) is 4.20. The van der Waals surface area contributed by atoms with Gasteiger partial charge in [-0.1, -0.05) is 12.1 Å². The lowest BCUT2D eigenvalue weighted by atomic mass is 10.2. The largest absolute Gasteiger partial charge is 0.323 e. The predicted octanol–water partition coefficient (Wildman–Crippen LogP) is 1.06. The van der Waals surface area contributed by atoms with E-state index in [9.17, 15) is 9.59 Å². The predicted molar refractivity (Wildman–Crippen MR) is 73.0 cm³/mol. The van der Waals surface area contributed by atoms with E-state index < -0.39 is 0 Å². The molecule has 0 aliphatic rings. The number of rotatable bonds is 3. The molecule has 6 nitrogen and oxygen atoms in total. The highest BCUT2D eigenvalue weighted by atomic mass is 16.2. The van der Waals surface area contributed by atoms with E-state index in [2.05, 4.69) is 10.3 Å². The van der Waals surface area contributed by atoms with Gasteiger partial charge in [-0.2, -0.15) is 5.26 Å². The van der Waals surface area contributed by atoms with Gasteiger partial charge < -0.3 is 5.32 Å². The molecule has 0 radical (unpaired) electrons. The molecule has 2 rings (SSSR count). The molecular weight excluding hydrogens is 256 g/mol. The molecule has 0 aliphatic carbocycles. The molecule has 0 saturated carbocycles. The van der Waals surface area contributed by atoms with E-state index in [1.54, 1.807) is 31.2 Å². The van der Waals surface area contributed by atoms with Crippen molar-refractivity contribution >= 4 is 11.6 Å². The van der Waals surface area contributed by atoms with Crippen molar-refractivity contribution in [1.29, 1.82) is 5.26 Å². The quantitative estimate of drug-likeness (QED) is 0.901. The number of para-hydroxylation sites is 1. The number of amides is 1. The minimum absolute atomic E-state index is 0.147. The molecule has 6 heteroatoms. The van der Waals surface area contributed by atoms with Gasteiger partial charge in [-0.05, 0) is 19.1 Å². The van der Waals surface area contributed by atoms with Crippen LogP contribution in [0.2, 0.25) is 0 Å². The zero-order valence-corrected chi connectivity index (χ0v) is 10.8. The molecule has 0 atom stereocenters. The van der Waals surface area contributed by atoms with Gasteiger partial charge in [-0.15, -0.1) is 0 Å². The Morgan fingerprint density at radius 2 is 2.20 bits per heavy atom. The highest BCUT2D eigenvalue weighted by Gasteiger charge is 2.08. The van der Waals surface area contributed by atoms with Crippen molar-refractivity contribution in [3.63, 3.8) is 0 Å². The summed E-state index contributed by atoms with van der Waals surface area (Å²) in [7, 11) is 0. The molecular formula is C14H12N4O2. The first kappa shape index (κ1) is 13.5. The molecule has 0 bridgehead atoms. The molecule has 0 saturated heterocycles. The minimum atomic E-state index is -0.388. The van der Waals surface area contributed by atoms with Crippen LogP contribution < -0.4 is 10.9 Å². The molecule has 0 fully saturated rings. The van der Waals surface area contributed by atoms with Crippen LogP contribution in [0.4, 0.5) is 5.69 Å². The number of hydrogen-bond donors (Lipinski definition) is 1. The maximum Gasteiger partial charge on any atom is 0.253 e. The maximum atomic E-state index is 11.9. The summed E-state index contributed by atoms with van der Waals surface area (Å²) >= 11 is 0. The van der Waals surface area contributed by atoms with Crippen LogP contribution in [0, 0.1) is 18.3 Å². The Labute approximate surface area is 115 Å². The average Bonchev–Trinajstić information content (AvgIpc) is 2.42. The Hall–Kier alpha value is -2.94. The van der Waals surface area contributed by atoms with E-state index >= 15 is 0 Å². The average molecular weight is 268 g/mol. The van der Waals surface area contributed by atoms with Gasteiger partial charge in [-0.25, -0.2) is 4.98 Å². The van der Waals surface area contributed by atoms with Crippen molar-refractivity contribution in [2.75, 3.05) is 5.32 Å². The summed E-state index contributed by atoms with van der Waals surface area (Å²) < 4.78 is 1.21. The lowest BCUT2D eigenvalue weighted by Gasteiger charge is -2.08. The summed E-state index contributed by atoms with van der Waals surface area (Å²) in [5.41, 5.74) is 1.10. The van der Waals surface area contributed by atoms with Gasteiger partial charge in [0.1, 0.15) is 12.6 Å². The second-order valence-electron chi connectivity index (χ2n) is 4.20. The van der Waals surface area contributed by atoms with Crippen LogP contribution in [0.3, 0.4) is 0 Å². The van der Waals surface area contributed by atoms with Crippen LogP contribution in [0.25, 0.3) is 0 Å². The van der Waals surface area contributed by atoms with E-state index in [0.717, 1.165) is 0 Å². The summed E-state index contributed by atoms with van der Waals surface area (Å²) in [5, 5.41) is 11.5. The molecule has 0 spiro atoms. The van der Waals surface area contributed by atoms with Crippen molar-refractivity contribution in [3.05, 3.63) is 58.3 Å². The van der Waals surface area contributed by atoms with Crippen molar-refractivity contribution in [3.8, 4) is 6.07 Å². The third-order valence-electron chi connectivity index (χ3n) is 2.65. The number of aryl methyl sites for hydroxylation is 1. The molecule has 1 aromatic carbocycles. The van der Waals surface area contributed by atoms with Crippen LogP contribution >= 0.6 is 0 Å². The summed E-state index contributed by atoms with van der Waals surface area (Å²) in [5.74, 6) is -0.388. The Morgan fingerprint density at radius 3 is 2.90 bits per heavy atom. The van der Waals surface area contributed by atoms with Crippen LogP contribution in [-0.2, 0) is 11.3 Å². The van der Waals surface area contributed by atoms with Crippen molar-refractivity contribution in [1.82, 2.24) is 9.55 Å². The highest BCUT2D eigenvalue weighted by molar-refractivity contribution is 5.91. The standard InChI is InChI=1S/C14H12N4O2/c1-10-6-14(20)18(9-16-10)8-13(19)17-12-5-3-2-4-11(12)7-15/h2-6,9H,8H2,1H3,(H,17,19). The maximum absolute atomic E-state index is 11.9. The topological polar surface area (TPSA) is 87.8 Å². The van der Waals surface area contributed by atoms with E-state index in [1.807, 2.05) is 6.07 Å². The van der Waals surface area contributed by atoms with Crippen LogP contribution in [0.1, 0.15) is 11.3 Å². The van der Waals surface area contributed by atoms with Gasteiger partial charge in [0.05, 0.1) is 17.6 Å². The SMILES string of the molecule is Cc1cc(=O)n(CC(=O)Nc2ccccc2C#N)cn1. The molecule has 0 aliphatic heterocycles. The summed E-state index contributed by atoms with van der Waals surface area (Å²) in [6, 6.07) is 10.0. The van der Waals surface area contributed by atoms with E-state index in [1.165, 1.54) is 17.0 Å². The summed E-state index contributed by atoms with van der Waals surface area (Å²) in [6.45, 7) is 1.56. The summed E-state index contributed by atoms with van der Waals surface area (Å²) in [6.07, 6.45) is 1.33. The fraction of sp³-hybridized carbons (Fsp3) is 0.143. The zero-order chi connectivity index (χ0) is 14.5. The Kier molecular flexibility index (Phi) is 3.91. The lowest BCUT2D eigenvalue weighted by molar-refractivity contribution is -0.116. The van der Waals surface area contributed by atoms with Crippen molar-refractivity contribution < 1.29 is 4.79 Å². The number of aromatic nitrogens is 2. The molecule has 1 amide bonds. The van der Waals surface area contributed by atoms with Gasteiger partial charge in [0.2, 0.25) is 5.91 Å². The normalized spacial score (nSPS) is 9.80. The minimum Gasteiger partial charge on any atom is -0.323 e. The number of anilines is 1. The molecule has 0 unspecified atom stereocenters. The van der Waals surface area contributed by atoms with E-state index in [0.29, 0.717) is 16.9 Å². The number of hydrogen-bond acceptors (Lipinski definition) is 4. The third kappa shape index (κ3) is 3.09. The Morgan fingerprint density at radius 1 is 1.45 bits per heavy atom. The molecule has 2 aromatic rings. The second kappa shape index (κ2) is 5.80. The first-order valence-corrected chi connectivity index (χ1v) is 5.92. The number of nitrogens with zero attached hydrogens (tertiary/aromatic N) is 3. The monoisotopic (exact) mass is 268 g/mol. The molecule has 20 heavy (non-hydrogen) atoms. The van der Waals surface area contributed by atoms with Gasteiger partial charge in [0, 0.05) is 11.8 Å². The lowest BCUT2D eigenvalue weighted by Crippen LogP contribution is -2.27. The van der Waals surface area contributed by atoms with Gasteiger partial charge in [0.25, 0.3) is 5.56 Å². The van der Waals surface area contributed by atoms with Crippen LogP contribution in [0.5, 0.6) is 0 Å². The Bertz CT molecular complexity index is 743. The smallest absolute Gasteiger partial charge is 0.253 e.